The summed E-state index contributed by atoms with van der Waals surface area (Å²) in [5.41, 5.74) is -0.641. The number of nitrogens with one attached hydrogen (secondary N) is 1. The quantitative estimate of drug-likeness (QED) is 0.475. The second-order valence-electron chi connectivity index (χ2n) is 6.52. The number of nitrogens with zero attached hydrogens (tertiary/aromatic N) is 2. The van der Waals surface area contributed by atoms with Crippen LogP contribution in [0.3, 0.4) is 0 Å². The normalized spacial score (nSPS) is 13.6. The Morgan fingerprint density at radius 2 is 1.80 bits per heavy atom. The molecule has 156 valence electrons. The van der Waals surface area contributed by atoms with Crippen molar-refractivity contribution in [2.24, 2.45) is 0 Å². The van der Waals surface area contributed by atoms with Gasteiger partial charge in [0.15, 0.2) is 4.90 Å². The third-order valence-corrected chi connectivity index (χ3v) is 6.73. The number of fused-ring (bicyclic) bond motifs is 3. The number of halogens is 3. The largest absolute Gasteiger partial charge is 0.612 e. The Bertz CT molecular complexity index is 1370. The van der Waals surface area contributed by atoms with E-state index < -0.39 is 37.8 Å². The van der Waals surface area contributed by atoms with E-state index in [-0.39, 0.29) is 0 Å². The summed E-state index contributed by atoms with van der Waals surface area (Å²) in [4.78, 5) is 3.30. The molecule has 1 unspecified atom stereocenters. The van der Waals surface area contributed by atoms with Gasteiger partial charge in [0.2, 0.25) is 0 Å². The first-order valence-electron chi connectivity index (χ1n) is 8.50. The molecule has 0 fully saturated rings. The molecule has 30 heavy (non-hydrogen) atoms. The molecule has 0 aliphatic heterocycles. The van der Waals surface area contributed by atoms with Gasteiger partial charge >= 0.3 is 6.18 Å². The van der Waals surface area contributed by atoms with Crippen LogP contribution >= 0.6 is 0 Å². The molecule has 0 saturated carbocycles. The van der Waals surface area contributed by atoms with Crippen LogP contribution in [0.2, 0.25) is 0 Å². The van der Waals surface area contributed by atoms with E-state index in [0.29, 0.717) is 27.3 Å². The lowest BCUT2D eigenvalue weighted by atomic mass is 10.1. The lowest BCUT2D eigenvalue weighted by Gasteiger charge is -2.12. The zero-order chi connectivity index (χ0) is 21.7. The standard InChI is InChI=1S/C19H14F3N3O3S2/c1-29(26)15-7-8-17-12(9-15)5-6-13-11-23-25(18(13)17)24-30(27,28)16-4-2-3-14(10-16)19(20,21)22/h2-11,24H,1H3. The van der Waals surface area contributed by atoms with Crippen LogP contribution < -0.4 is 4.83 Å². The zero-order valence-corrected chi connectivity index (χ0v) is 17.0. The van der Waals surface area contributed by atoms with Gasteiger partial charge in [0.05, 0.1) is 16.7 Å². The molecule has 0 saturated heterocycles. The van der Waals surface area contributed by atoms with Crippen LogP contribution in [0.5, 0.6) is 0 Å². The van der Waals surface area contributed by atoms with Crippen LogP contribution in [-0.4, -0.2) is 29.1 Å². The Kier molecular flexibility index (Phi) is 4.91. The third kappa shape index (κ3) is 3.71. The van der Waals surface area contributed by atoms with Crippen molar-refractivity contribution in [1.29, 1.82) is 0 Å². The molecule has 0 aliphatic carbocycles. The lowest BCUT2D eigenvalue weighted by molar-refractivity contribution is -0.137. The van der Waals surface area contributed by atoms with E-state index in [2.05, 4.69) is 9.93 Å². The van der Waals surface area contributed by atoms with Gasteiger partial charge in [-0.15, -0.1) is 0 Å². The topological polar surface area (TPSA) is 87.1 Å². The van der Waals surface area contributed by atoms with Crippen molar-refractivity contribution < 1.29 is 26.1 Å². The van der Waals surface area contributed by atoms with Gasteiger partial charge in [-0.25, -0.2) is 0 Å². The Hall–Kier alpha value is -2.76. The molecular weight excluding hydrogens is 439 g/mol. The van der Waals surface area contributed by atoms with Crippen molar-refractivity contribution in [3.05, 3.63) is 66.4 Å². The number of aromatic nitrogens is 2. The molecule has 0 aliphatic rings. The molecule has 0 bridgehead atoms. The van der Waals surface area contributed by atoms with E-state index in [1.54, 1.807) is 36.6 Å². The van der Waals surface area contributed by atoms with Gasteiger partial charge in [0, 0.05) is 16.8 Å². The van der Waals surface area contributed by atoms with Crippen LogP contribution in [0, 0.1) is 0 Å². The van der Waals surface area contributed by atoms with Crippen LogP contribution in [0.1, 0.15) is 5.56 Å². The summed E-state index contributed by atoms with van der Waals surface area (Å²) in [6.45, 7) is 0. The average molecular weight is 453 g/mol. The Labute approximate surface area is 172 Å². The molecule has 4 aromatic rings. The molecule has 1 atom stereocenters. The minimum atomic E-state index is -4.67. The van der Waals surface area contributed by atoms with E-state index in [9.17, 15) is 26.1 Å². The lowest BCUT2D eigenvalue weighted by Crippen LogP contribution is -2.24. The monoisotopic (exact) mass is 453 g/mol. The maximum atomic E-state index is 13.0. The Morgan fingerprint density at radius 3 is 2.50 bits per heavy atom. The molecule has 3 aromatic carbocycles. The minimum absolute atomic E-state index is 0.427. The van der Waals surface area contributed by atoms with Gasteiger partial charge in [-0.2, -0.15) is 36.3 Å². The van der Waals surface area contributed by atoms with E-state index in [0.717, 1.165) is 28.4 Å². The maximum absolute atomic E-state index is 13.0. The molecule has 11 heteroatoms. The number of sulfonamides is 1. The fraction of sp³-hybridized carbons (Fsp3) is 0.105. The van der Waals surface area contributed by atoms with Gasteiger partial charge in [0.1, 0.15) is 11.8 Å². The van der Waals surface area contributed by atoms with Gasteiger partial charge < -0.3 is 4.55 Å². The molecule has 4 rings (SSSR count). The predicted molar refractivity (Wildman–Crippen MR) is 108 cm³/mol. The first kappa shape index (κ1) is 20.5. The SMILES string of the molecule is C[S+]([O-])c1ccc2c(ccc3cnn(NS(=O)(=O)c4cccc(C(F)(F)F)c4)c32)c1. The Balaban J connectivity index is 1.80. The fourth-order valence-electron chi connectivity index (χ4n) is 3.08. The highest BCUT2D eigenvalue weighted by Crippen LogP contribution is 2.31. The Morgan fingerprint density at radius 1 is 1.07 bits per heavy atom. The highest BCUT2D eigenvalue weighted by Gasteiger charge is 2.31. The highest BCUT2D eigenvalue weighted by molar-refractivity contribution is 7.92. The van der Waals surface area contributed by atoms with Gasteiger partial charge in [-0.3, -0.25) is 0 Å². The molecular formula is C19H14F3N3O3S2. The van der Waals surface area contributed by atoms with E-state index in [1.807, 2.05) is 0 Å². The van der Waals surface area contributed by atoms with Crippen LogP contribution in [0.4, 0.5) is 13.2 Å². The smallest absolute Gasteiger partial charge is 0.416 e. The van der Waals surface area contributed by atoms with Crippen LogP contribution in [0.25, 0.3) is 21.7 Å². The number of rotatable bonds is 4. The summed E-state index contributed by atoms with van der Waals surface area (Å²) in [6.07, 6.45) is -1.68. The summed E-state index contributed by atoms with van der Waals surface area (Å²) >= 11 is -1.19. The molecule has 1 aromatic heterocycles. The summed E-state index contributed by atoms with van der Waals surface area (Å²) in [7, 11) is -4.35. The average Bonchev–Trinajstić information content (AvgIpc) is 3.09. The van der Waals surface area contributed by atoms with E-state index in [1.165, 1.54) is 6.20 Å². The highest BCUT2D eigenvalue weighted by atomic mass is 32.2. The predicted octanol–water partition coefficient (Wildman–Crippen LogP) is 3.88. The first-order chi connectivity index (χ1) is 14.1. The molecule has 0 spiro atoms. The number of benzene rings is 3. The third-order valence-electron chi connectivity index (χ3n) is 4.53. The van der Waals surface area contributed by atoms with Crippen LogP contribution in [0.15, 0.2) is 70.6 Å². The molecule has 0 radical (unpaired) electrons. The van der Waals surface area contributed by atoms with Crippen molar-refractivity contribution >= 4 is 42.9 Å². The van der Waals surface area contributed by atoms with Crippen molar-refractivity contribution in [3.8, 4) is 0 Å². The minimum Gasteiger partial charge on any atom is -0.612 e. The molecule has 0 amide bonds. The molecule has 1 N–H and O–H groups in total. The summed E-state index contributed by atoms with van der Waals surface area (Å²) in [6, 6.07) is 12.1. The van der Waals surface area contributed by atoms with Crippen molar-refractivity contribution in [3.63, 3.8) is 0 Å². The van der Waals surface area contributed by atoms with E-state index in [4.69, 9.17) is 0 Å². The molecule has 1 heterocycles. The van der Waals surface area contributed by atoms with Gasteiger partial charge in [-0.1, -0.05) is 18.2 Å². The second kappa shape index (κ2) is 7.18. The van der Waals surface area contributed by atoms with E-state index >= 15 is 0 Å². The van der Waals surface area contributed by atoms with Crippen molar-refractivity contribution in [2.45, 2.75) is 16.0 Å². The first-order valence-corrected chi connectivity index (χ1v) is 11.5. The number of alkyl halides is 3. The molecule has 6 nitrogen and oxygen atoms in total. The van der Waals surface area contributed by atoms with Crippen molar-refractivity contribution in [1.82, 2.24) is 9.89 Å². The number of hydrogen-bond donors (Lipinski definition) is 1. The maximum Gasteiger partial charge on any atom is 0.416 e. The van der Waals surface area contributed by atoms with Crippen LogP contribution in [-0.2, 0) is 27.4 Å². The zero-order valence-electron chi connectivity index (χ0n) is 15.3. The number of hydrogen-bond acceptors (Lipinski definition) is 4. The summed E-state index contributed by atoms with van der Waals surface area (Å²) in [5.74, 6) is 0. The summed E-state index contributed by atoms with van der Waals surface area (Å²) in [5, 5.41) is 6.02. The fourth-order valence-corrected chi connectivity index (χ4v) is 4.64. The summed E-state index contributed by atoms with van der Waals surface area (Å²) < 4.78 is 76.0. The van der Waals surface area contributed by atoms with Gasteiger partial charge in [0.25, 0.3) is 10.0 Å². The van der Waals surface area contributed by atoms with Crippen molar-refractivity contribution in [2.75, 3.05) is 11.1 Å². The second-order valence-corrected chi connectivity index (χ2v) is 9.56. The van der Waals surface area contributed by atoms with Gasteiger partial charge in [-0.05, 0) is 46.9 Å².